The summed E-state index contributed by atoms with van der Waals surface area (Å²) in [6.07, 6.45) is 2.81. The predicted molar refractivity (Wildman–Crippen MR) is 80.0 cm³/mol. The van der Waals surface area contributed by atoms with Gasteiger partial charge < -0.3 is 0 Å². The molecule has 0 bridgehead atoms. The van der Waals surface area contributed by atoms with E-state index < -0.39 is 0 Å². The number of halogens is 1. The van der Waals surface area contributed by atoms with E-state index in [-0.39, 0.29) is 5.69 Å². The van der Waals surface area contributed by atoms with Crippen molar-refractivity contribution in [2.24, 2.45) is 0 Å². The lowest BCUT2D eigenvalue weighted by Gasteiger charge is -2.05. The van der Waals surface area contributed by atoms with Crippen LogP contribution < -0.4 is 5.69 Å². The lowest BCUT2D eigenvalue weighted by atomic mass is 10.3. The first kappa shape index (κ1) is 13.5. The second-order valence-electron chi connectivity index (χ2n) is 4.21. The molecule has 1 heterocycles. The number of aromatic nitrogens is 2. The number of benzene rings is 1. The van der Waals surface area contributed by atoms with Gasteiger partial charge in [-0.15, -0.1) is 12.6 Å². The Bertz CT molecular complexity index is 630. The van der Waals surface area contributed by atoms with Crippen molar-refractivity contribution >= 4 is 28.6 Å². The number of imidazole rings is 1. The SMILES string of the molecule is CCCn1c(C)cn(-c2ccc(Br)cc2S)c1=O. The van der Waals surface area contributed by atoms with Crippen LogP contribution in [0, 0.1) is 6.92 Å². The molecule has 0 amide bonds. The Morgan fingerprint density at radius 2 is 2.11 bits per heavy atom. The van der Waals surface area contributed by atoms with Gasteiger partial charge in [0.2, 0.25) is 0 Å². The predicted octanol–water partition coefficient (Wildman–Crippen LogP) is 3.41. The molecule has 96 valence electrons. The molecule has 0 spiro atoms. The molecule has 3 nitrogen and oxygen atoms in total. The molecule has 1 aromatic carbocycles. The maximum atomic E-state index is 12.3. The Labute approximate surface area is 120 Å². The van der Waals surface area contributed by atoms with Crippen molar-refractivity contribution in [1.82, 2.24) is 9.13 Å². The van der Waals surface area contributed by atoms with Crippen LogP contribution in [0.3, 0.4) is 0 Å². The monoisotopic (exact) mass is 326 g/mol. The fourth-order valence-electron chi connectivity index (χ4n) is 1.96. The highest BCUT2D eigenvalue weighted by molar-refractivity contribution is 9.10. The smallest absolute Gasteiger partial charge is 0.296 e. The summed E-state index contributed by atoms with van der Waals surface area (Å²) in [6, 6.07) is 5.69. The van der Waals surface area contributed by atoms with Gasteiger partial charge in [-0.05, 0) is 31.5 Å². The summed E-state index contributed by atoms with van der Waals surface area (Å²) in [6.45, 7) is 4.76. The van der Waals surface area contributed by atoms with Crippen LogP contribution in [0.25, 0.3) is 5.69 Å². The summed E-state index contributed by atoms with van der Waals surface area (Å²) in [5.41, 5.74) is 1.77. The van der Waals surface area contributed by atoms with Gasteiger partial charge in [0.25, 0.3) is 0 Å². The molecule has 0 saturated carbocycles. The van der Waals surface area contributed by atoms with Gasteiger partial charge in [0.15, 0.2) is 0 Å². The van der Waals surface area contributed by atoms with Crippen LogP contribution in [0.1, 0.15) is 19.0 Å². The molecule has 0 atom stereocenters. The van der Waals surface area contributed by atoms with Gasteiger partial charge in [0.1, 0.15) is 0 Å². The molecule has 0 aliphatic carbocycles. The zero-order valence-corrected chi connectivity index (χ0v) is 12.8. The molecule has 1 aromatic heterocycles. The van der Waals surface area contributed by atoms with E-state index in [1.165, 1.54) is 0 Å². The second-order valence-corrected chi connectivity index (χ2v) is 5.61. The number of thiol groups is 1. The number of rotatable bonds is 3. The summed E-state index contributed by atoms with van der Waals surface area (Å²) >= 11 is 7.81. The van der Waals surface area contributed by atoms with Crippen molar-refractivity contribution < 1.29 is 0 Å². The van der Waals surface area contributed by atoms with E-state index in [0.717, 1.165) is 33.7 Å². The van der Waals surface area contributed by atoms with Crippen LogP contribution in [0.5, 0.6) is 0 Å². The van der Waals surface area contributed by atoms with E-state index >= 15 is 0 Å². The van der Waals surface area contributed by atoms with E-state index in [1.54, 1.807) is 9.13 Å². The molecule has 0 fully saturated rings. The summed E-state index contributed by atoms with van der Waals surface area (Å²) in [5.74, 6) is 0. The quantitative estimate of drug-likeness (QED) is 0.860. The Hall–Kier alpha value is -0.940. The standard InChI is InChI=1S/C13H15BrN2OS/c1-3-6-15-9(2)8-16(13(15)17)11-5-4-10(14)7-12(11)18/h4-5,7-8,18H,3,6H2,1-2H3. The fraction of sp³-hybridized carbons (Fsp3) is 0.308. The molecule has 2 aromatic rings. The largest absolute Gasteiger partial charge is 0.332 e. The topological polar surface area (TPSA) is 26.9 Å². The third-order valence-corrected chi connectivity index (χ3v) is 3.67. The van der Waals surface area contributed by atoms with Crippen LogP contribution in [0.2, 0.25) is 0 Å². The van der Waals surface area contributed by atoms with Crippen LogP contribution in [-0.2, 0) is 6.54 Å². The Morgan fingerprint density at radius 1 is 1.39 bits per heavy atom. The number of nitrogens with zero attached hydrogens (tertiary/aromatic N) is 2. The third-order valence-electron chi connectivity index (χ3n) is 2.82. The van der Waals surface area contributed by atoms with Crippen LogP contribution >= 0.6 is 28.6 Å². The molecule has 5 heteroatoms. The van der Waals surface area contributed by atoms with Gasteiger partial charge in [-0.2, -0.15) is 0 Å². The molecular formula is C13H15BrN2OS. The van der Waals surface area contributed by atoms with E-state index in [9.17, 15) is 4.79 Å². The maximum Gasteiger partial charge on any atom is 0.332 e. The summed E-state index contributed by atoms with van der Waals surface area (Å²) in [5, 5.41) is 0. The molecule has 18 heavy (non-hydrogen) atoms. The zero-order chi connectivity index (χ0) is 13.3. The molecule has 2 rings (SSSR count). The molecule has 0 radical (unpaired) electrons. The highest BCUT2D eigenvalue weighted by Crippen LogP contribution is 2.22. The van der Waals surface area contributed by atoms with Gasteiger partial charge in [-0.25, -0.2) is 4.79 Å². The highest BCUT2D eigenvalue weighted by atomic mass is 79.9. The van der Waals surface area contributed by atoms with Crippen molar-refractivity contribution in [3.63, 3.8) is 0 Å². The summed E-state index contributed by atoms with van der Waals surface area (Å²) < 4.78 is 4.39. The van der Waals surface area contributed by atoms with Gasteiger partial charge >= 0.3 is 5.69 Å². The zero-order valence-electron chi connectivity index (χ0n) is 10.4. The molecule has 0 aliphatic rings. The van der Waals surface area contributed by atoms with Crippen LogP contribution in [0.4, 0.5) is 0 Å². The summed E-state index contributed by atoms with van der Waals surface area (Å²) in [4.78, 5) is 13.1. The number of aryl methyl sites for hydroxylation is 1. The average molecular weight is 327 g/mol. The van der Waals surface area contributed by atoms with Crippen molar-refractivity contribution in [2.75, 3.05) is 0 Å². The Morgan fingerprint density at radius 3 is 2.72 bits per heavy atom. The van der Waals surface area contributed by atoms with Crippen molar-refractivity contribution in [3.8, 4) is 5.69 Å². The van der Waals surface area contributed by atoms with Crippen LogP contribution in [0.15, 0.2) is 38.6 Å². The first-order valence-corrected chi connectivity index (χ1v) is 7.06. The Balaban J connectivity index is 2.58. The van der Waals surface area contributed by atoms with Crippen molar-refractivity contribution in [1.29, 1.82) is 0 Å². The van der Waals surface area contributed by atoms with Crippen molar-refractivity contribution in [3.05, 3.63) is 45.0 Å². The number of hydrogen-bond donors (Lipinski definition) is 1. The van der Waals surface area contributed by atoms with E-state index in [2.05, 4.69) is 35.5 Å². The first-order chi connectivity index (χ1) is 8.54. The highest BCUT2D eigenvalue weighted by Gasteiger charge is 2.11. The number of hydrogen-bond acceptors (Lipinski definition) is 2. The minimum atomic E-state index is -0.00743. The maximum absolute atomic E-state index is 12.3. The van der Waals surface area contributed by atoms with Gasteiger partial charge in [0, 0.05) is 27.8 Å². The Kier molecular flexibility index (Phi) is 4.02. The molecule has 0 unspecified atom stereocenters. The lowest BCUT2D eigenvalue weighted by molar-refractivity contribution is 0.632. The molecule has 0 aliphatic heterocycles. The third kappa shape index (κ3) is 2.42. The molecule has 0 N–H and O–H groups in total. The van der Waals surface area contributed by atoms with E-state index in [0.29, 0.717) is 0 Å². The lowest BCUT2D eigenvalue weighted by Crippen LogP contribution is -2.23. The van der Waals surface area contributed by atoms with Gasteiger partial charge in [0.05, 0.1) is 5.69 Å². The van der Waals surface area contributed by atoms with E-state index in [4.69, 9.17) is 0 Å². The molecule has 0 saturated heterocycles. The molecular weight excluding hydrogens is 312 g/mol. The fourth-order valence-corrected chi connectivity index (χ4v) is 2.82. The average Bonchev–Trinajstić information content (AvgIpc) is 2.58. The summed E-state index contributed by atoms with van der Waals surface area (Å²) in [7, 11) is 0. The second kappa shape index (κ2) is 5.36. The minimum Gasteiger partial charge on any atom is -0.296 e. The van der Waals surface area contributed by atoms with E-state index in [1.807, 2.05) is 31.3 Å². The van der Waals surface area contributed by atoms with Crippen molar-refractivity contribution in [2.45, 2.75) is 31.7 Å². The minimum absolute atomic E-state index is 0.00743. The first-order valence-electron chi connectivity index (χ1n) is 5.82. The van der Waals surface area contributed by atoms with Gasteiger partial charge in [-0.3, -0.25) is 9.13 Å². The van der Waals surface area contributed by atoms with Crippen LogP contribution in [-0.4, -0.2) is 9.13 Å². The van der Waals surface area contributed by atoms with Gasteiger partial charge in [-0.1, -0.05) is 22.9 Å². The normalized spacial score (nSPS) is 10.9.